The molecule has 0 radical (unpaired) electrons. The molecule has 1 saturated heterocycles. The predicted molar refractivity (Wildman–Crippen MR) is 34.6 cm³/mol. The van der Waals surface area contributed by atoms with Crippen LogP contribution in [0.2, 0.25) is 0 Å². The van der Waals surface area contributed by atoms with Gasteiger partial charge in [-0.25, -0.2) is 4.79 Å². The summed E-state index contributed by atoms with van der Waals surface area (Å²) in [6.07, 6.45) is 0.0767. The van der Waals surface area contributed by atoms with E-state index in [1.54, 1.807) is 0 Å². The van der Waals surface area contributed by atoms with Gasteiger partial charge in [-0.05, 0) is 13.3 Å². The van der Waals surface area contributed by atoms with Crippen molar-refractivity contribution in [3.05, 3.63) is 0 Å². The molecule has 1 aliphatic rings. The smallest absolute Gasteiger partial charge is 0.348 e. The van der Waals surface area contributed by atoms with Gasteiger partial charge in [0.25, 0.3) is 0 Å². The number of rotatable bonds is 1. The molecule has 0 aromatic carbocycles. The first kappa shape index (κ1) is 7.50. The maximum absolute atomic E-state index is 10.3. The van der Waals surface area contributed by atoms with Crippen molar-refractivity contribution in [3.8, 4) is 0 Å². The lowest BCUT2D eigenvalue weighted by atomic mass is 10.2. The topological polar surface area (TPSA) is 58.6 Å². The summed E-state index contributed by atoms with van der Waals surface area (Å²) in [4.78, 5) is 10.3. The Morgan fingerprint density at radius 2 is 2.50 bits per heavy atom. The van der Waals surface area contributed by atoms with Gasteiger partial charge in [-0.3, -0.25) is 5.32 Å². The Labute approximate surface area is 59.2 Å². The summed E-state index contributed by atoms with van der Waals surface area (Å²) < 4.78 is 4.90. The molecule has 0 bridgehead atoms. The zero-order chi connectivity index (χ0) is 7.56. The number of carboxylic acids is 1. The molecular weight excluding hydrogens is 134 g/mol. The number of aliphatic carboxylic acids is 1. The van der Waals surface area contributed by atoms with Crippen LogP contribution in [0.1, 0.15) is 13.3 Å². The summed E-state index contributed by atoms with van der Waals surface area (Å²) in [5, 5.41) is 11.3. The maximum Gasteiger partial charge on any atom is 0.348 e. The molecule has 0 spiro atoms. The minimum absolute atomic E-state index is 0.245. The molecule has 0 aliphatic carbocycles. The predicted octanol–water partition coefficient (Wildman–Crippen LogP) is -0.205. The van der Waals surface area contributed by atoms with Crippen molar-refractivity contribution in [2.45, 2.75) is 25.6 Å². The van der Waals surface area contributed by atoms with E-state index in [1.807, 2.05) is 6.92 Å². The molecule has 1 rings (SSSR count). The molecule has 4 nitrogen and oxygen atoms in total. The zero-order valence-corrected chi connectivity index (χ0v) is 5.83. The Morgan fingerprint density at radius 1 is 1.80 bits per heavy atom. The Balaban J connectivity index is 2.39. The van der Waals surface area contributed by atoms with E-state index in [9.17, 15) is 4.79 Å². The molecule has 1 heterocycles. The SMILES string of the molecule is CC1CCOC(C(=O)O)N1. The highest BCUT2D eigenvalue weighted by molar-refractivity contribution is 5.71. The molecular formula is C6H11NO3. The molecule has 0 aromatic rings. The van der Waals surface area contributed by atoms with Gasteiger partial charge in [-0.2, -0.15) is 0 Å². The second kappa shape index (κ2) is 2.98. The summed E-state index contributed by atoms with van der Waals surface area (Å²) in [7, 11) is 0. The van der Waals surface area contributed by atoms with Crippen LogP contribution in [0.15, 0.2) is 0 Å². The van der Waals surface area contributed by atoms with Crippen molar-refractivity contribution in [2.24, 2.45) is 0 Å². The molecule has 58 valence electrons. The summed E-state index contributed by atoms with van der Waals surface area (Å²) in [6.45, 7) is 2.48. The molecule has 1 aliphatic heterocycles. The van der Waals surface area contributed by atoms with Crippen molar-refractivity contribution >= 4 is 5.97 Å². The third-order valence-corrected chi connectivity index (χ3v) is 1.50. The van der Waals surface area contributed by atoms with Gasteiger partial charge in [0.2, 0.25) is 6.23 Å². The second-order valence-electron chi connectivity index (χ2n) is 2.45. The second-order valence-corrected chi connectivity index (χ2v) is 2.45. The average molecular weight is 145 g/mol. The average Bonchev–Trinajstić information content (AvgIpc) is 1.88. The van der Waals surface area contributed by atoms with E-state index in [2.05, 4.69) is 5.32 Å². The molecule has 0 amide bonds. The van der Waals surface area contributed by atoms with E-state index in [4.69, 9.17) is 9.84 Å². The van der Waals surface area contributed by atoms with Gasteiger partial charge in [-0.15, -0.1) is 0 Å². The number of carbonyl (C=O) groups is 1. The highest BCUT2D eigenvalue weighted by Crippen LogP contribution is 2.03. The lowest BCUT2D eigenvalue weighted by Gasteiger charge is -2.25. The van der Waals surface area contributed by atoms with Crippen molar-refractivity contribution in [2.75, 3.05) is 6.61 Å². The lowest BCUT2D eigenvalue weighted by molar-refractivity contribution is -0.156. The van der Waals surface area contributed by atoms with Crippen LogP contribution in [0.25, 0.3) is 0 Å². The molecule has 1 fully saturated rings. The van der Waals surface area contributed by atoms with Crippen LogP contribution in [0.5, 0.6) is 0 Å². The van der Waals surface area contributed by atoms with Crippen molar-refractivity contribution < 1.29 is 14.6 Å². The lowest BCUT2D eigenvalue weighted by Crippen LogP contribution is -2.48. The molecule has 2 atom stereocenters. The van der Waals surface area contributed by atoms with Crippen LogP contribution in [0.3, 0.4) is 0 Å². The quantitative estimate of drug-likeness (QED) is 0.536. The summed E-state index contributed by atoms with van der Waals surface area (Å²) in [5.41, 5.74) is 0. The number of hydrogen-bond acceptors (Lipinski definition) is 3. The first-order valence-electron chi connectivity index (χ1n) is 3.30. The third kappa shape index (κ3) is 1.68. The number of carboxylic acid groups (broad SMARTS) is 1. The van der Waals surface area contributed by atoms with E-state index in [0.717, 1.165) is 6.42 Å². The molecule has 0 aromatic heterocycles. The monoisotopic (exact) mass is 145 g/mol. The Morgan fingerprint density at radius 3 is 2.90 bits per heavy atom. The first-order chi connectivity index (χ1) is 4.70. The Bertz CT molecular complexity index is 137. The fourth-order valence-electron chi connectivity index (χ4n) is 0.895. The van der Waals surface area contributed by atoms with Crippen LogP contribution in [-0.4, -0.2) is 30.0 Å². The van der Waals surface area contributed by atoms with Crippen LogP contribution in [0, 0.1) is 0 Å². The Kier molecular flexibility index (Phi) is 2.24. The minimum Gasteiger partial charge on any atom is -0.478 e. The van der Waals surface area contributed by atoms with Crippen LogP contribution >= 0.6 is 0 Å². The fourth-order valence-corrected chi connectivity index (χ4v) is 0.895. The number of ether oxygens (including phenoxy) is 1. The largest absolute Gasteiger partial charge is 0.478 e. The standard InChI is InChI=1S/C6H11NO3/c1-4-2-3-10-5(7-4)6(8)9/h4-5,7H,2-3H2,1H3,(H,8,9). The molecule has 2 unspecified atom stereocenters. The van der Waals surface area contributed by atoms with Crippen molar-refractivity contribution in [1.82, 2.24) is 5.32 Å². The van der Waals surface area contributed by atoms with Gasteiger partial charge in [0, 0.05) is 6.04 Å². The maximum atomic E-state index is 10.3. The third-order valence-electron chi connectivity index (χ3n) is 1.50. The van der Waals surface area contributed by atoms with Gasteiger partial charge < -0.3 is 9.84 Å². The number of nitrogens with one attached hydrogen (secondary N) is 1. The van der Waals surface area contributed by atoms with Crippen molar-refractivity contribution in [1.29, 1.82) is 0 Å². The fraction of sp³-hybridized carbons (Fsp3) is 0.833. The highest BCUT2D eigenvalue weighted by atomic mass is 16.5. The summed E-state index contributed by atoms with van der Waals surface area (Å²) >= 11 is 0. The molecule has 4 heteroatoms. The van der Waals surface area contributed by atoms with E-state index in [1.165, 1.54) is 0 Å². The van der Waals surface area contributed by atoms with Crippen LogP contribution in [-0.2, 0) is 9.53 Å². The van der Waals surface area contributed by atoms with E-state index in [-0.39, 0.29) is 6.04 Å². The van der Waals surface area contributed by atoms with E-state index >= 15 is 0 Å². The number of hydrogen-bond donors (Lipinski definition) is 2. The highest BCUT2D eigenvalue weighted by Gasteiger charge is 2.23. The van der Waals surface area contributed by atoms with Gasteiger partial charge in [0.05, 0.1) is 6.61 Å². The zero-order valence-electron chi connectivity index (χ0n) is 5.83. The first-order valence-corrected chi connectivity index (χ1v) is 3.30. The summed E-state index contributed by atoms with van der Waals surface area (Å²) in [5.74, 6) is -0.938. The van der Waals surface area contributed by atoms with E-state index < -0.39 is 12.2 Å². The van der Waals surface area contributed by atoms with Gasteiger partial charge in [0.15, 0.2) is 0 Å². The molecule has 10 heavy (non-hydrogen) atoms. The van der Waals surface area contributed by atoms with Crippen LogP contribution in [0.4, 0.5) is 0 Å². The normalized spacial score (nSPS) is 33.7. The minimum atomic E-state index is -0.938. The van der Waals surface area contributed by atoms with Gasteiger partial charge >= 0.3 is 5.97 Å². The Hall–Kier alpha value is -0.610. The van der Waals surface area contributed by atoms with E-state index in [0.29, 0.717) is 6.61 Å². The molecule has 2 N–H and O–H groups in total. The molecule has 0 saturated carbocycles. The van der Waals surface area contributed by atoms with Gasteiger partial charge in [-0.1, -0.05) is 0 Å². The van der Waals surface area contributed by atoms with Gasteiger partial charge in [0.1, 0.15) is 0 Å². The van der Waals surface area contributed by atoms with Crippen molar-refractivity contribution in [3.63, 3.8) is 0 Å². The van der Waals surface area contributed by atoms with Crippen LogP contribution < -0.4 is 5.32 Å². The summed E-state index contributed by atoms with van der Waals surface area (Å²) in [6, 6.07) is 0.245.